The van der Waals surface area contributed by atoms with Crippen molar-refractivity contribution in [1.29, 1.82) is 0 Å². The lowest BCUT2D eigenvalue weighted by atomic mass is 9.96. The minimum atomic E-state index is -0.777. The highest BCUT2D eigenvalue weighted by Gasteiger charge is 2.33. The first-order valence-electron chi connectivity index (χ1n) is 10.4. The fourth-order valence-electron chi connectivity index (χ4n) is 3.65. The molecule has 0 unspecified atom stereocenters. The highest BCUT2D eigenvalue weighted by molar-refractivity contribution is 7.07. The molecule has 0 spiro atoms. The zero-order valence-electron chi connectivity index (χ0n) is 18.9. The number of esters is 2. The van der Waals surface area contributed by atoms with Gasteiger partial charge >= 0.3 is 11.9 Å². The Bertz CT molecular complexity index is 1490. The molecule has 1 aromatic carbocycles. The van der Waals surface area contributed by atoms with Crippen molar-refractivity contribution in [2.45, 2.75) is 26.8 Å². The lowest BCUT2D eigenvalue weighted by Crippen LogP contribution is -2.39. The molecular weight excluding hydrogens is 456 g/mol. The van der Waals surface area contributed by atoms with Gasteiger partial charge in [-0.05, 0) is 43.7 Å². The van der Waals surface area contributed by atoms with Gasteiger partial charge in [-0.1, -0.05) is 36.1 Å². The number of benzene rings is 1. The van der Waals surface area contributed by atoms with Gasteiger partial charge in [-0.15, -0.1) is 0 Å². The van der Waals surface area contributed by atoms with E-state index in [1.54, 1.807) is 43.3 Å². The molecule has 2 aromatic heterocycles. The van der Waals surface area contributed by atoms with Crippen LogP contribution in [0.4, 0.5) is 0 Å². The quantitative estimate of drug-likeness (QED) is 0.307. The van der Waals surface area contributed by atoms with Crippen molar-refractivity contribution < 1.29 is 23.5 Å². The van der Waals surface area contributed by atoms with Crippen LogP contribution in [0.5, 0.6) is 5.75 Å². The standard InChI is InChI=1S/C25H22N2O6S/c1-5-12-31-24(30)21-15(3)26-25-27(22(21)17-7-10-18(11-8-17)33-16(4)28)23(29)20(34-25)13-19-9-6-14(2)32-19/h5-11,13,22H,1,12H2,2-4H3/b20-13-/t22-/m1/s1. The van der Waals surface area contributed by atoms with Crippen LogP contribution in [0, 0.1) is 6.92 Å². The Morgan fingerprint density at radius 1 is 1.21 bits per heavy atom. The van der Waals surface area contributed by atoms with Crippen LogP contribution in [-0.4, -0.2) is 23.1 Å². The topological polar surface area (TPSA) is 100 Å². The monoisotopic (exact) mass is 478 g/mol. The number of furan rings is 1. The Balaban J connectivity index is 1.89. The molecule has 3 aromatic rings. The van der Waals surface area contributed by atoms with Crippen molar-refractivity contribution in [3.63, 3.8) is 0 Å². The molecule has 4 rings (SSSR count). The summed E-state index contributed by atoms with van der Waals surface area (Å²) < 4.78 is 17.9. The Morgan fingerprint density at radius 2 is 1.94 bits per heavy atom. The van der Waals surface area contributed by atoms with E-state index in [1.165, 1.54) is 28.9 Å². The first-order chi connectivity index (χ1) is 16.3. The van der Waals surface area contributed by atoms with E-state index in [0.29, 0.717) is 32.1 Å². The molecule has 0 aliphatic carbocycles. The van der Waals surface area contributed by atoms with E-state index in [9.17, 15) is 14.4 Å². The highest BCUT2D eigenvalue weighted by Crippen LogP contribution is 2.31. The summed E-state index contributed by atoms with van der Waals surface area (Å²) in [5.41, 5.74) is 1.02. The number of hydrogen-bond donors (Lipinski definition) is 0. The number of nitrogens with zero attached hydrogens (tertiary/aromatic N) is 2. The fraction of sp³-hybridized carbons (Fsp3) is 0.200. The summed E-state index contributed by atoms with van der Waals surface area (Å²) in [5, 5.41) is 0. The number of thiazole rings is 1. The third kappa shape index (κ3) is 4.55. The number of carbonyl (C=O) groups excluding carboxylic acids is 2. The molecule has 34 heavy (non-hydrogen) atoms. The van der Waals surface area contributed by atoms with E-state index in [-0.39, 0.29) is 17.7 Å². The Labute approximate surface area is 198 Å². The van der Waals surface area contributed by atoms with E-state index < -0.39 is 18.0 Å². The van der Waals surface area contributed by atoms with Gasteiger partial charge in [0, 0.05) is 13.0 Å². The molecule has 174 valence electrons. The van der Waals surface area contributed by atoms with Crippen molar-refractivity contribution in [2.75, 3.05) is 6.61 Å². The number of hydrogen-bond acceptors (Lipinski definition) is 8. The van der Waals surface area contributed by atoms with Crippen molar-refractivity contribution >= 4 is 29.4 Å². The van der Waals surface area contributed by atoms with E-state index in [4.69, 9.17) is 13.9 Å². The number of fused-ring (bicyclic) bond motifs is 1. The van der Waals surface area contributed by atoms with Gasteiger partial charge in [0.25, 0.3) is 5.56 Å². The van der Waals surface area contributed by atoms with Crippen LogP contribution in [-0.2, 0) is 14.3 Å². The van der Waals surface area contributed by atoms with Gasteiger partial charge < -0.3 is 13.9 Å². The van der Waals surface area contributed by atoms with Crippen LogP contribution in [0.2, 0.25) is 0 Å². The normalized spacial score (nSPS) is 15.5. The Morgan fingerprint density at radius 3 is 2.56 bits per heavy atom. The zero-order chi connectivity index (χ0) is 24.4. The first-order valence-corrected chi connectivity index (χ1v) is 11.3. The zero-order valence-corrected chi connectivity index (χ0v) is 19.7. The largest absolute Gasteiger partial charge is 0.462 e. The second-order valence-electron chi connectivity index (χ2n) is 7.58. The van der Waals surface area contributed by atoms with Gasteiger partial charge in [-0.2, -0.15) is 0 Å². The van der Waals surface area contributed by atoms with Gasteiger partial charge in [0.15, 0.2) is 4.80 Å². The third-order valence-electron chi connectivity index (χ3n) is 5.07. The first kappa shape index (κ1) is 23.2. The van der Waals surface area contributed by atoms with Crippen LogP contribution < -0.4 is 19.6 Å². The summed E-state index contributed by atoms with van der Waals surface area (Å²) in [6, 6.07) is 9.45. The highest BCUT2D eigenvalue weighted by atomic mass is 32.1. The lowest BCUT2D eigenvalue weighted by Gasteiger charge is -2.24. The molecule has 0 N–H and O–H groups in total. The van der Waals surface area contributed by atoms with Gasteiger partial charge in [-0.3, -0.25) is 14.2 Å². The maximum Gasteiger partial charge on any atom is 0.338 e. The molecular formula is C25H22N2O6S. The Kier molecular flexibility index (Phi) is 6.47. The van der Waals surface area contributed by atoms with Crippen LogP contribution in [0.3, 0.4) is 0 Å². The average molecular weight is 479 g/mol. The van der Waals surface area contributed by atoms with Crippen molar-refractivity contribution in [1.82, 2.24) is 4.57 Å². The minimum Gasteiger partial charge on any atom is -0.462 e. The summed E-state index contributed by atoms with van der Waals surface area (Å²) in [7, 11) is 0. The van der Waals surface area contributed by atoms with E-state index in [2.05, 4.69) is 11.6 Å². The molecule has 1 aliphatic heterocycles. The fourth-order valence-corrected chi connectivity index (χ4v) is 4.68. The molecule has 9 heteroatoms. The van der Waals surface area contributed by atoms with Crippen molar-refractivity contribution in [2.24, 2.45) is 4.99 Å². The van der Waals surface area contributed by atoms with Crippen LogP contribution in [0.25, 0.3) is 6.08 Å². The van der Waals surface area contributed by atoms with Crippen LogP contribution in [0.15, 0.2) is 74.5 Å². The lowest BCUT2D eigenvalue weighted by molar-refractivity contribution is -0.138. The second-order valence-corrected chi connectivity index (χ2v) is 8.59. The maximum absolute atomic E-state index is 13.5. The summed E-state index contributed by atoms with van der Waals surface area (Å²) in [5.74, 6) is 0.595. The number of aromatic nitrogens is 1. The minimum absolute atomic E-state index is 0.0238. The summed E-state index contributed by atoms with van der Waals surface area (Å²) in [4.78, 5) is 42.7. The summed E-state index contributed by atoms with van der Waals surface area (Å²) in [6.45, 7) is 8.44. The van der Waals surface area contributed by atoms with Crippen LogP contribution in [0.1, 0.15) is 37.0 Å². The number of rotatable bonds is 6. The predicted molar refractivity (Wildman–Crippen MR) is 126 cm³/mol. The molecule has 0 bridgehead atoms. The summed E-state index contributed by atoms with van der Waals surface area (Å²) in [6.07, 6.45) is 3.13. The number of allylic oxidation sites excluding steroid dienone is 1. The molecule has 3 heterocycles. The van der Waals surface area contributed by atoms with E-state index in [1.807, 2.05) is 13.0 Å². The number of carbonyl (C=O) groups is 2. The average Bonchev–Trinajstić information content (AvgIpc) is 3.33. The molecule has 0 amide bonds. The molecule has 0 fully saturated rings. The smallest absolute Gasteiger partial charge is 0.338 e. The van der Waals surface area contributed by atoms with E-state index >= 15 is 0 Å². The SMILES string of the molecule is C=CCOC(=O)C1=C(C)N=c2s/c(=C\c3ccc(C)o3)c(=O)n2[C@@H]1c1ccc(OC(C)=O)cc1. The molecule has 0 radical (unpaired) electrons. The predicted octanol–water partition coefficient (Wildman–Crippen LogP) is 2.79. The summed E-state index contributed by atoms with van der Waals surface area (Å²) >= 11 is 1.21. The second kappa shape index (κ2) is 9.48. The van der Waals surface area contributed by atoms with Crippen LogP contribution >= 0.6 is 11.3 Å². The number of aryl methyl sites for hydroxylation is 1. The maximum atomic E-state index is 13.5. The third-order valence-corrected chi connectivity index (χ3v) is 6.05. The molecule has 1 atom stereocenters. The van der Waals surface area contributed by atoms with Gasteiger partial charge in [0.2, 0.25) is 0 Å². The molecule has 1 aliphatic rings. The number of ether oxygens (including phenoxy) is 2. The molecule has 0 saturated heterocycles. The molecule has 0 saturated carbocycles. The van der Waals surface area contributed by atoms with Gasteiger partial charge in [0.1, 0.15) is 23.9 Å². The van der Waals surface area contributed by atoms with Crippen molar-refractivity contribution in [3.05, 3.63) is 97.1 Å². The van der Waals surface area contributed by atoms with Crippen molar-refractivity contribution in [3.8, 4) is 5.75 Å². The van der Waals surface area contributed by atoms with Gasteiger partial charge in [-0.25, -0.2) is 9.79 Å². The Hall–Kier alpha value is -3.98. The van der Waals surface area contributed by atoms with Gasteiger partial charge in [0.05, 0.1) is 21.8 Å². The molecule has 8 nitrogen and oxygen atoms in total. The van der Waals surface area contributed by atoms with E-state index in [0.717, 1.165) is 5.76 Å².